The van der Waals surface area contributed by atoms with Gasteiger partial charge >= 0.3 is 0 Å². The maximum atomic E-state index is 13.7. The van der Waals surface area contributed by atoms with Crippen molar-refractivity contribution < 1.29 is 13.5 Å². The summed E-state index contributed by atoms with van der Waals surface area (Å²) < 4.78 is 34.8. The van der Waals surface area contributed by atoms with Gasteiger partial charge < -0.3 is 10.1 Å². The molecule has 9 heteroatoms. The van der Waals surface area contributed by atoms with Crippen LogP contribution in [0.4, 0.5) is 14.7 Å². The Morgan fingerprint density at radius 3 is 2.76 bits per heavy atom. The Balaban J connectivity index is 1.35. The number of ether oxygens (including phenoxy) is 1. The molecule has 7 nitrogen and oxygen atoms in total. The molecule has 1 aliphatic heterocycles. The minimum Gasteiger partial charge on any atom is -0.479 e. The molecule has 1 fully saturated rings. The van der Waals surface area contributed by atoms with E-state index in [-0.39, 0.29) is 19.0 Å². The molecule has 0 bridgehead atoms. The Bertz CT molecular complexity index is 1300. The number of nitrogens with one attached hydrogen (secondary N) is 1. The zero-order chi connectivity index (χ0) is 23.7. The van der Waals surface area contributed by atoms with Crippen LogP contribution in [-0.4, -0.2) is 63.2 Å². The number of piperidine rings is 1. The lowest BCUT2D eigenvalue weighted by atomic mass is 10.0. The molecule has 0 atom stereocenters. The van der Waals surface area contributed by atoms with Crippen LogP contribution in [-0.2, 0) is 0 Å². The average Bonchev–Trinajstić information content (AvgIpc) is 3.28. The number of pyridine rings is 1. The van der Waals surface area contributed by atoms with Crippen LogP contribution in [0.1, 0.15) is 26.2 Å². The summed E-state index contributed by atoms with van der Waals surface area (Å²) in [6.45, 7) is 2.59. The van der Waals surface area contributed by atoms with Crippen molar-refractivity contribution in [3.05, 3.63) is 48.8 Å². The highest BCUT2D eigenvalue weighted by Gasteiger charge is 2.31. The third-order valence-corrected chi connectivity index (χ3v) is 6.48. The number of methoxy groups -OCH3 is 1. The Morgan fingerprint density at radius 2 is 2.00 bits per heavy atom. The van der Waals surface area contributed by atoms with Crippen LogP contribution >= 0.6 is 0 Å². The molecule has 0 saturated carbocycles. The molecular formula is C25H28F2N6O. The average molecular weight is 467 g/mol. The minimum absolute atomic E-state index is 0.122. The monoisotopic (exact) mass is 466 g/mol. The Kier molecular flexibility index (Phi) is 6.03. The van der Waals surface area contributed by atoms with E-state index in [1.807, 2.05) is 41.4 Å². The van der Waals surface area contributed by atoms with Crippen LogP contribution in [0.2, 0.25) is 0 Å². The van der Waals surface area contributed by atoms with E-state index < -0.39 is 5.92 Å². The van der Waals surface area contributed by atoms with Gasteiger partial charge in [-0.15, -0.1) is 5.10 Å². The fraction of sp³-hybridized carbons (Fsp3) is 0.400. The first-order valence-electron chi connectivity index (χ1n) is 11.6. The topological polar surface area (TPSA) is 67.6 Å². The summed E-state index contributed by atoms with van der Waals surface area (Å²) in [5, 5.41) is 9.08. The summed E-state index contributed by atoms with van der Waals surface area (Å²) in [6.07, 6.45) is 5.05. The lowest BCUT2D eigenvalue weighted by Gasteiger charge is -2.34. The standard InChI is InChI=1S/C25H28F2N6O/c1-3-25(26,27)16-32-12-8-19(9-13-32)29-24-30-23(34-2)22-20(10-14-33(22)31-24)17-6-7-21-18(15-17)5-4-11-28-21/h4-7,10-11,14-15,19H,3,8-9,12-13,16H2,1-2H3,(H,29,31). The van der Waals surface area contributed by atoms with Crippen LogP contribution in [0, 0.1) is 0 Å². The molecule has 1 aromatic carbocycles. The Morgan fingerprint density at radius 1 is 1.18 bits per heavy atom. The van der Waals surface area contributed by atoms with Gasteiger partial charge in [0.15, 0.2) is 0 Å². The molecule has 5 rings (SSSR count). The maximum absolute atomic E-state index is 13.7. The highest BCUT2D eigenvalue weighted by atomic mass is 19.3. The lowest BCUT2D eigenvalue weighted by molar-refractivity contribution is -0.0393. The fourth-order valence-electron chi connectivity index (χ4n) is 4.53. The molecule has 178 valence electrons. The number of benzene rings is 1. The summed E-state index contributed by atoms with van der Waals surface area (Å²) in [5.74, 6) is -1.69. The minimum atomic E-state index is -2.63. The maximum Gasteiger partial charge on any atom is 0.260 e. The van der Waals surface area contributed by atoms with E-state index in [4.69, 9.17) is 4.74 Å². The Labute approximate surface area is 196 Å². The summed E-state index contributed by atoms with van der Waals surface area (Å²) in [7, 11) is 1.60. The molecule has 0 spiro atoms. The molecule has 3 aromatic heterocycles. The van der Waals surface area contributed by atoms with E-state index in [1.165, 1.54) is 6.92 Å². The van der Waals surface area contributed by atoms with Crippen molar-refractivity contribution in [3.63, 3.8) is 0 Å². The van der Waals surface area contributed by atoms with Crippen LogP contribution < -0.4 is 10.1 Å². The van der Waals surface area contributed by atoms with Crippen molar-refractivity contribution in [2.24, 2.45) is 0 Å². The highest BCUT2D eigenvalue weighted by Crippen LogP contribution is 2.33. The van der Waals surface area contributed by atoms with Gasteiger partial charge in [-0.05, 0) is 42.7 Å². The quantitative estimate of drug-likeness (QED) is 0.419. The largest absolute Gasteiger partial charge is 0.479 e. The molecule has 0 aliphatic carbocycles. The number of aromatic nitrogens is 4. The number of nitrogens with zero attached hydrogens (tertiary/aromatic N) is 5. The molecule has 1 N–H and O–H groups in total. The summed E-state index contributed by atoms with van der Waals surface area (Å²) in [6, 6.07) is 12.2. The van der Waals surface area contributed by atoms with Crippen LogP contribution in [0.5, 0.6) is 5.88 Å². The van der Waals surface area contributed by atoms with Crippen LogP contribution in [0.25, 0.3) is 27.5 Å². The number of hydrogen-bond donors (Lipinski definition) is 1. The van der Waals surface area contributed by atoms with Crippen molar-refractivity contribution in [1.29, 1.82) is 0 Å². The summed E-state index contributed by atoms with van der Waals surface area (Å²) >= 11 is 0. The number of alkyl halides is 2. The van der Waals surface area contributed by atoms with E-state index in [1.54, 1.807) is 17.8 Å². The smallest absolute Gasteiger partial charge is 0.260 e. The van der Waals surface area contributed by atoms with Gasteiger partial charge in [-0.3, -0.25) is 9.88 Å². The second-order valence-corrected chi connectivity index (χ2v) is 8.78. The van der Waals surface area contributed by atoms with E-state index in [0.717, 1.165) is 40.4 Å². The number of rotatable bonds is 7. The van der Waals surface area contributed by atoms with Crippen molar-refractivity contribution in [3.8, 4) is 17.0 Å². The molecule has 0 amide bonds. The predicted octanol–water partition coefficient (Wildman–Crippen LogP) is 4.87. The normalized spacial score (nSPS) is 15.8. The van der Waals surface area contributed by atoms with Gasteiger partial charge in [0, 0.05) is 48.9 Å². The zero-order valence-corrected chi connectivity index (χ0v) is 19.3. The summed E-state index contributed by atoms with van der Waals surface area (Å²) in [5.41, 5.74) is 3.73. The first kappa shape index (κ1) is 22.5. The molecule has 0 unspecified atom stereocenters. The number of likely N-dealkylation sites (tertiary alicyclic amines) is 1. The zero-order valence-electron chi connectivity index (χ0n) is 19.3. The summed E-state index contributed by atoms with van der Waals surface area (Å²) in [4.78, 5) is 10.8. The van der Waals surface area contributed by atoms with Gasteiger partial charge in [0.05, 0.1) is 19.2 Å². The molecule has 1 saturated heterocycles. The van der Waals surface area contributed by atoms with E-state index >= 15 is 0 Å². The van der Waals surface area contributed by atoms with Gasteiger partial charge in [0.2, 0.25) is 11.8 Å². The third-order valence-electron chi connectivity index (χ3n) is 6.48. The molecule has 1 aliphatic rings. The molecule has 0 radical (unpaired) electrons. The molecule has 4 aromatic rings. The van der Waals surface area contributed by atoms with Crippen LogP contribution in [0.15, 0.2) is 48.8 Å². The SMILES string of the molecule is CCC(F)(F)CN1CCC(Nc2nc(OC)c3c(-c4ccc5ncccc5c4)ccn3n2)CC1. The third kappa shape index (κ3) is 4.52. The van der Waals surface area contributed by atoms with E-state index in [2.05, 4.69) is 26.4 Å². The predicted molar refractivity (Wildman–Crippen MR) is 129 cm³/mol. The van der Waals surface area contributed by atoms with Gasteiger partial charge in [-0.1, -0.05) is 19.1 Å². The van der Waals surface area contributed by atoms with E-state index in [0.29, 0.717) is 24.9 Å². The first-order chi connectivity index (χ1) is 16.5. The van der Waals surface area contributed by atoms with Crippen molar-refractivity contribution in [2.75, 3.05) is 32.1 Å². The van der Waals surface area contributed by atoms with Crippen molar-refractivity contribution in [1.82, 2.24) is 24.5 Å². The lowest BCUT2D eigenvalue weighted by Crippen LogP contribution is -2.44. The van der Waals surface area contributed by atoms with E-state index in [9.17, 15) is 8.78 Å². The van der Waals surface area contributed by atoms with Crippen LogP contribution in [0.3, 0.4) is 0 Å². The molecule has 34 heavy (non-hydrogen) atoms. The molecular weight excluding hydrogens is 438 g/mol. The van der Waals surface area contributed by atoms with Gasteiger partial charge in [-0.2, -0.15) is 4.98 Å². The van der Waals surface area contributed by atoms with Gasteiger partial charge in [0.25, 0.3) is 5.92 Å². The fourth-order valence-corrected chi connectivity index (χ4v) is 4.53. The van der Waals surface area contributed by atoms with Gasteiger partial charge in [-0.25, -0.2) is 13.3 Å². The van der Waals surface area contributed by atoms with Gasteiger partial charge in [0.1, 0.15) is 5.52 Å². The number of fused-ring (bicyclic) bond motifs is 2. The number of halogens is 2. The second-order valence-electron chi connectivity index (χ2n) is 8.78. The van der Waals surface area contributed by atoms with Crippen molar-refractivity contribution >= 4 is 22.4 Å². The van der Waals surface area contributed by atoms with Crippen molar-refractivity contribution in [2.45, 2.75) is 38.2 Å². The number of hydrogen-bond acceptors (Lipinski definition) is 6. The highest BCUT2D eigenvalue weighted by molar-refractivity contribution is 5.90. The molecule has 4 heterocycles. The number of anilines is 1. The first-order valence-corrected chi connectivity index (χ1v) is 11.6. The second kappa shape index (κ2) is 9.13. The Hall–Kier alpha value is -3.33.